The molecule has 4 aliphatic carbocycles. The number of nitrogens with one attached hydrogen (secondary N) is 3. The van der Waals surface area contributed by atoms with E-state index in [-0.39, 0.29) is 17.2 Å². The van der Waals surface area contributed by atoms with Crippen molar-refractivity contribution in [1.82, 2.24) is 10.6 Å². The van der Waals surface area contributed by atoms with Crippen LogP contribution in [0.3, 0.4) is 0 Å². The minimum absolute atomic E-state index is 0.0654. The largest absolute Gasteiger partial charge is 0.349 e. The van der Waals surface area contributed by atoms with Crippen LogP contribution in [-0.4, -0.2) is 45.0 Å². The lowest BCUT2D eigenvalue weighted by atomic mass is 9.49. The summed E-state index contributed by atoms with van der Waals surface area (Å²) < 4.78 is 0. The third-order valence-electron chi connectivity index (χ3n) is 6.19. The van der Waals surface area contributed by atoms with E-state index in [1.807, 2.05) is 0 Å². The maximum Gasteiger partial charge on any atom is 0.242 e. The van der Waals surface area contributed by atoms with E-state index in [9.17, 15) is 9.59 Å². The normalized spacial score (nSPS) is 36.1. The molecule has 0 unspecified atom stereocenters. The Bertz CT molecular complexity index is 440. The number of carbonyl (C=O) groups excluding carboxylic acids is 2. The molecule has 130 valence electrons. The van der Waals surface area contributed by atoms with Gasteiger partial charge in [-0.1, -0.05) is 0 Å². The molecule has 4 fully saturated rings. The van der Waals surface area contributed by atoms with Gasteiger partial charge in [-0.25, -0.2) is 0 Å². The van der Waals surface area contributed by atoms with Crippen LogP contribution in [0.4, 0.5) is 0 Å². The summed E-state index contributed by atoms with van der Waals surface area (Å²) in [5, 5.41) is 5.94. The van der Waals surface area contributed by atoms with Crippen LogP contribution in [0.15, 0.2) is 0 Å². The van der Waals surface area contributed by atoms with Crippen molar-refractivity contribution in [3.63, 3.8) is 0 Å². The highest BCUT2D eigenvalue weighted by Crippen LogP contribution is 2.60. The van der Waals surface area contributed by atoms with Gasteiger partial charge in [0.15, 0.2) is 0 Å². The van der Waals surface area contributed by atoms with Gasteiger partial charge in [-0.3, -0.25) is 9.59 Å². The van der Waals surface area contributed by atoms with Gasteiger partial charge < -0.3 is 15.5 Å². The molecular weight excluding hydrogens is 290 g/mol. The van der Waals surface area contributed by atoms with E-state index >= 15 is 0 Å². The fourth-order valence-electron chi connectivity index (χ4n) is 5.39. The molecule has 0 saturated heterocycles. The molecule has 4 bridgehead atoms. The fourth-order valence-corrected chi connectivity index (χ4v) is 5.39. The van der Waals surface area contributed by atoms with E-state index in [0.717, 1.165) is 43.6 Å². The fraction of sp³-hybridized carbons (Fsp3) is 0.889. The Kier molecular flexibility index (Phi) is 4.68. The lowest BCUT2D eigenvalue weighted by Crippen LogP contribution is -3.06. The maximum atomic E-state index is 12.9. The molecule has 5 nitrogen and oxygen atoms in total. The molecule has 4 saturated carbocycles. The highest BCUT2D eigenvalue weighted by atomic mass is 16.2. The Hall–Kier alpha value is -1.10. The first kappa shape index (κ1) is 16.7. The molecule has 2 amide bonds. The first-order valence-corrected chi connectivity index (χ1v) is 9.25. The molecule has 0 aromatic carbocycles. The lowest BCUT2D eigenvalue weighted by Gasteiger charge is -2.55. The number of amides is 2. The zero-order chi connectivity index (χ0) is 16.6. The zero-order valence-corrected chi connectivity index (χ0v) is 14.8. The molecule has 23 heavy (non-hydrogen) atoms. The SMILES string of the molecule is C[C@H](NC(=O)C12CC3CC(CC(C3)C1)C2)C(=O)NCC[NH+](C)C. The predicted molar refractivity (Wildman–Crippen MR) is 88.9 cm³/mol. The smallest absolute Gasteiger partial charge is 0.242 e. The Morgan fingerprint density at radius 3 is 2.09 bits per heavy atom. The van der Waals surface area contributed by atoms with Gasteiger partial charge in [0.05, 0.1) is 27.2 Å². The van der Waals surface area contributed by atoms with E-state index in [1.54, 1.807) is 6.92 Å². The summed E-state index contributed by atoms with van der Waals surface area (Å²) in [5.41, 5.74) is -0.170. The van der Waals surface area contributed by atoms with Crippen LogP contribution < -0.4 is 15.5 Å². The minimum Gasteiger partial charge on any atom is -0.349 e. The second kappa shape index (κ2) is 6.42. The molecule has 0 radical (unpaired) electrons. The molecule has 0 spiro atoms. The van der Waals surface area contributed by atoms with Crippen molar-refractivity contribution >= 4 is 11.8 Å². The summed E-state index contributed by atoms with van der Waals surface area (Å²) in [4.78, 5) is 26.4. The van der Waals surface area contributed by atoms with Gasteiger partial charge in [-0.2, -0.15) is 0 Å². The van der Waals surface area contributed by atoms with Crippen LogP contribution in [0.25, 0.3) is 0 Å². The Labute approximate surface area is 139 Å². The van der Waals surface area contributed by atoms with Crippen molar-refractivity contribution in [2.24, 2.45) is 23.2 Å². The van der Waals surface area contributed by atoms with Gasteiger partial charge in [-0.05, 0) is 63.2 Å². The van der Waals surface area contributed by atoms with Crippen molar-refractivity contribution in [2.45, 2.75) is 51.5 Å². The van der Waals surface area contributed by atoms with Gasteiger partial charge in [0, 0.05) is 5.41 Å². The molecule has 4 rings (SSSR count). The maximum absolute atomic E-state index is 12.9. The molecule has 0 aromatic heterocycles. The first-order chi connectivity index (χ1) is 10.9. The summed E-state index contributed by atoms with van der Waals surface area (Å²) in [5.74, 6) is 2.32. The van der Waals surface area contributed by atoms with Gasteiger partial charge in [0.1, 0.15) is 6.04 Å². The van der Waals surface area contributed by atoms with Gasteiger partial charge >= 0.3 is 0 Å². The van der Waals surface area contributed by atoms with Crippen LogP contribution in [-0.2, 0) is 9.59 Å². The molecule has 0 aliphatic heterocycles. The van der Waals surface area contributed by atoms with Crippen molar-refractivity contribution < 1.29 is 14.5 Å². The average Bonchev–Trinajstić information content (AvgIpc) is 2.45. The molecule has 4 aliphatic rings. The summed E-state index contributed by atoms with van der Waals surface area (Å²) >= 11 is 0. The Morgan fingerprint density at radius 1 is 1.09 bits per heavy atom. The standard InChI is InChI=1S/C18H31N3O2/c1-12(16(22)19-4-5-21(2)3)20-17(23)18-9-13-6-14(10-18)8-15(7-13)11-18/h12-15H,4-11H2,1-3H3,(H,19,22)(H,20,23)/p+1/t12-,13?,14?,15?,18?/m0/s1. The summed E-state index contributed by atoms with van der Waals surface area (Å²) in [6.07, 6.45) is 7.12. The topological polar surface area (TPSA) is 62.6 Å². The third-order valence-corrected chi connectivity index (χ3v) is 6.19. The first-order valence-electron chi connectivity index (χ1n) is 9.25. The molecule has 5 heteroatoms. The minimum atomic E-state index is -0.437. The summed E-state index contributed by atoms with van der Waals surface area (Å²) in [6, 6.07) is -0.437. The van der Waals surface area contributed by atoms with E-state index < -0.39 is 6.04 Å². The number of hydrogen-bond acceptors (Lipinski definition) is 2. The van der Waals surface area contributed by atoms with Crippen LogP contribution in [0.1, 0.15) is 45.4 Å². The number of hydrogen-bond donors (Lipinski definition) is 3. The average molecular weight is 322 g/mol. The van der Waals surface area contributed by atoms with Crippen LogP contribution in [0, 0.1) is 23.2 Å². The van der Waals surface area contributed by atoms with Crippen LogP contribution in [0.5, 0.6) is 0 Å². The van der Waals surface area contributed by atoms with Crippen molar-refractivity contribution in [3.8, 4) is 0 Å². The van der Waals surface area contributed by atoms with Crippen molar-refractivity contribution in [1.29, 1.82) is 0 Å². The number of quaternary nitrogens is 1. The van der Waals surface area contributed by atoms with Gasteiger partial charge in [-0.15, -0.1) is 0 Å². The monoisotopic (exact) mass is 322 g/mol. The van der Waals surface area contributed by atoms with Crippen molar-refractivity contribution in [2.75, 3.05) is 27.2 Å². The van der Waals surface area contributed by atoms with Crippen molar-refractivity contribution in [3.05, 3.63) is 0 Å². The molecule has 1 atom stereocenters. The van der Waals surface area contributed by atoms with Crippen LogP contribution >= 0.6 is 0 Å². The number of rotatable bonds is 6. The van der Waals surface area contributed by atoms with E-state index in [0.29, 0.717) is 6.54 Å². The molecule has 3 N–H and O–H groups in total. The van der Waals surface area contributed by atoms with Gasteiger partial charge in [0.2, 0.25) is 11.8 Å². The van der Waals surface area contributed by atoms with E-state index in [4.69, 9.17) is 0 Å². The highest BCUT2D eigenvalue weighted by Gasteiger charge is 2.54. The number of likely N-dealkylation sites (N-methyl/N-ethyl adjacent to an activating group) is 1. The second-order valence-electron chi connectivity index (χ2n) is 8.64. The number of carbonyl (C=O) groups is 2. The Balaban J connectivity index is 1.53. The summed E-state index contributed by atoms with van der Waals surface area (Å²) in [6.45, 7) is 3.34. The van der Waals surface area contributed by atoms with E-state index in [2.05, 4.69) is 24.7 Å². The zero-order valence-electron chi connectivity index (χ0n) is 14.8. The van der Waals surface area contributed by atoms with Crippen LogP contribution in [0.2, 0.25) is 0 Å². The molecule has 0 heterocycles. The third kappa shape index (κ3) is 3.54. The lowest BCUT2D eigenvalue weighted by molar-refractivity contribution is -0.856. The second-order valence-corrected chi connectivity index (χ2v) is 8.64. The summed E-state index contributed by atoms with van der Waals surface area (Å²) in [7, 11) is 4.12. The quantitative estimate of drug-likeness (QED) is 0.643. The molecular formula is C18H32N3O2+. The Morgan fingerprint density at radius 2 is 1.61 bits per heavy atom. The molecule has 0 aromatic rings. The van der Waals surface area contributed by atoms with Gasteiger partial charge in [0.25, 0.3) is 0 Å². The highest BCUT2D eigenvalue weighted by molar-refractivity contribution is 5.90. The predicted octanol–water partition coefficient (Wildman–Crippen LogP) is -0.0318. The van der Waals surface area contributed by atoms with E-state index in [1.165, 1.54) is 24.2 Å².